The first-order chi connectivity index (χ1) is 10.6. The van der Waals surface area contributed by atoms with Crippen LogP contribution in [0.3, 0.4) is 0 Å². The van der Waals surface area contributed by atoms with Crippen LogP contribution in [0, 0.1) is 0 Å². The van der Waals surface area contributed by atoms with E-state index in [-0.39, 0.29) is 16.2 Å². The van der Waals surface area contributed by atoms with Gasteiger partial charge in [0.25, 0.3) is 5.91 Å². The van der Waals surface area contributed by atoms with Crippen LogP contribution in [0.1, 0.15) is 16.1 Å². The van der Waals surface area contributed by atoms with E-state index in [1.165, 1.54) is 12.1 Å². The Labute approximate surface area is 136 Å². The van der Waals surface area contributed by atoms with Crippen LogP contribution in [0.2, 0.25) is 10.3 Å². The van der Waals surface area contributed by atoms with Gasteiger partial charge in [-0.15, -0.1) is 0 Å². The summed E-state index contributed by atoms with van der Waals surface area (Å²) >= 11 is 11.6. The number of carbonyl (C=O) groups is 1. The van der Waals surface area contributed by atoms with Gasteiger partial charge in [0.05, 0.1) is 5.69 Å². The third-order valence-corrected chi connectivity index (χ3v) is 3.49. The first-order valence-electron chi connectivity index (χ1n) is 6.66. The molecule has 3 heterocycles. The molecule has 0 atom stereocenters. The van der Waals surface area contributed by atoms with Crippen molar-refractivity contribution in [3.8, 4) is 0 Å². The molecule has 0 aliphatic heterocycles. The molecule has 1 amide bonds. The van der Waals surface area contributed by atoms with Crippen molar-refractivity contribution in [3.05, 3.63) is 64.3 Å². The molecular formula is C15H12Cl2N4O. The Balaban J connectivity index is 1.61. The van der Waals surface area contributed by atoms with E-state index in [1.54, 1.807) is 0 Å². The summed E-state index contributed by atoms with van der Waals surface area (Å²) < 4.78 is 1.94. The zero-order valence-corrected chi connectivity index (χ0v) is 13.0. The van der Waals surface area contributed by atoms with Gasteiger partial charge in [-0.3, -0.25) is 4.79 Å². The molecule has 0 saturated heterocycles. The average Bonchev–Trinajstić information content (AvgIpc) is 2.88. The smallest absolute Gasteiger partial charge is 0.251 e. The summed E-state index contributed by atoms with van der Waals surface area (Å²) in [7, 11) is 0. The molecule has 0 spiro atoms. The number of carbonyl (C=O) groups excluding carboxylic acids is 1. The lowest BCUT2D eigenvalue weighted by Gasteiger charge is -2.04. The van der Waals surface area contributed by atoms with Gasteiger partial charge in [0, 0.05) is 30.9 Å². The number of hydrogen-bond donors (Lipinski definition) is 1. The molecule has 0 unspecified atom stereocenters. The lowest BCUT2D eigenvalue weighted by atomic mass is 10.2. The monoisotopic (exact) mass is 334 g/mol. The van der Waals surface area contributed by atoms with Crippen LogP contribution < -0.4 is 5.32 Å². The maximum Gasteiger partial charge on any atom is 0.251 e. The number of hydrogen-bond acceptors (Lipinski definition) is 3. The number of halogens is 2. The summed E-state index contributed by atoms with van der Waals surface area (Å²) in [6.07, 6.45) is 4.52. The van der Waals surface area contributed by atoms with Gasteiger partial charge >= 0.3 is 0 Å². The fraction of sp³-hybridized carbons (Fsp3) is 0.133. The van der Waals surface area contributed by atoms with E-state index in [0.29, 0.717) is 18.5 Å². The molecule has 0 saturated carbocycles. The predicted octanol–water partition coefficient (Wildman–Crippen LogP) is 3.01. The van der Waals surface area contributed by atoms with E-state index in [2.05, 4.69) is 15.3 Å². The molecule has 0 bridgehead atoms. The molecule has 3 aromatic rings. The second-order valence-electron chi connectivity index (χ2n) is 4.71. The maximum atomic E-state index is 12.0. The van der Waals surface area contributed by atoms with Crippen LogP contribution in [0.15, 0.2) is 42.7 Å². The van der Waals surface area contributed by atoms with Crippen molar-refractivity contribution < 1.29 is 4.79 Å². The van der Waals surface area contributed by atoms with Crippen LogP contribution in [-0.2, 0) is 6.42 Å². The Bertz CT molecular complexity index is 778. The summed E-state index contributed by atoms with van der Waals surface area (Å²) in [4.78, 5) is 20.3. The normalized spacial score (nSPS) is 10.8. The van der Waals surface area contributed by atoms with Crippen molar-refractivity contribution in [1.29, 1.82) is 0 Å². The Morgan fingerprint density at radius 2 is 1.95 bits per heavy atom. The summed E-state index contributed by atoms with van der Waals surface area (Å²) in [5, 5.41) is 3.20. The van der Waals surface area contributed by atoms with Crippen LogP contribution in [0.5, 0.6) is 0 Å². The highest BCUT2D eigenvalue weighted by molar-refractivity contribution is 6.33. The van der Waals surface area contributed by atoms with Crippen molar-refractivity contribution in [2.24, 2.45) is 0 Å². The van der Waals surface area contributed by atoms with Gasteiger partial charge in [-0.1, -0.05) is 29.3 Å². The maximum absolute atomic E-state index is 12.0. The SMILES string of the molecule is O=C(NCCc1cn2ccccc2n1)c1cc(Cl)nc(Cl)c1. The largest absolute Gasteiger partial charge is 0.352 e. The highest BCUT2D eigenvalue weighted by Gasteiger charge is 2.09. The molecule has 0 aliphatic rings. The van der Waals surface area contributed by atoms with Gasteiger partial charge in [-0.2, -0.15) is 0 Å². The van der Waals surface area contributed by atoms with E-state index < -0.39 is 0 Å². The Kier molecular flexibility index (Phi) is 4.27. The summed E-state index contributed by atoms with van der Waals surface area (Å²) in [5.74, 6) is -0.241. The summed E-state index contributed by atoms with van der Waals surface area (Å²) in [6, 6.07) is 8.77. The van der Waals surface area contributed by atoms with Crippen molar-refractivity contribution in [1.82, 2.24) is 19.7 Å². The Hall–Kier alpha value is -2.11. The molecule has 5 nitrogen and oxygen atoms in total. The van der Waals surface area contributed by atoms with Crippen LogP contribution in [-0.4, -0.2) is 26.8 Å². The lowest BCUT2D eigenvalue weighted by Crippen LogP contribution is -2.25. The fourth-order valence-corrected chi connectivity index (χ4v) is 2.57. The molecule has 22 heavy (non-hydrogen) atoms. The van der Waals surface area contributed by atoms with Gasteiger partial charge < -0.3 is 9.72 Å². The molecule has 0 fully saturated rings. The van der Waals surface area contributed by atoms with Crippen molar-refractivity contribution in [3.63, 3.8) is 0 Å². The van der Waals surface area contributed by atoms with Crippen molar-refractivity contribution in [2.45, 2.75) is 6.42 Å². The number of aromatic nitrogens is 3. The molecule has 112 valence electrons. The minimum atomic E-state index is -0.241. The Morgan fingerprint density at radius 1 is 1.18 bits per heavy atom. The zero-order valence-electron chi connectivity index (χ0n) is 11.5. The van der Waals surface area contributed by atoms with Crippen LogP contribution >= 0.6 is 23.2 Å². The molecule has 7 heteroatoms. The molecule has 3 rings (SSSR count). The number of pyridine rings is 2. The van der Waals surface area contributed by atoms with Gasteiger partial charge in [0.2, 0.25) is 0 Å². The lowest BCUT2D eigenvalue weighted by molar-refractivity contribution is 0.0954. The first kappa shape index (κ1) is 14.8. The molecule has 0 aromatic carbocycles. The van der Waals surface area contributed by atoms with Gasteiger partial charge in [-0.25, -0.2) is 9.97 Å². The van der Waals surface area contributed by atoms with E-state index in [4.69, 9.17) is 23.2 Å². The van der Waals surface area contributed by atoms with E-state index in [0.717, 1.165) is 11.3 Å². The Morgan fingerprint density at radius 3 is 2.68 bits per heavy atom. The standard InChI is InChI=1S/C15H12Cl2N4O/c16-12-7-10(8-13(17)20-12)15(22)18-5-4-11-9-21-6-2-1-3-14(21)19-11/h1-3,6-9H,4-5H2,(H,18,22). The molecule has 0 radical (unpaired) electrons. The highest BCUT2D eigenvalue weighted by atomic mass is 35.5. The quantitative estimate of drug-likeness (QED) is 0.746. The van der Waals surface area contributed by atoms with Crippen molar-refractivity contribution >= 4 is 34.8 Å². The van der Waals surface area contributed by atoms with Crippen LogP contribution in [0.25, 0.3) is 5.65 Å². The second kappa shape index (κ2) is 6.34. The van der Waals surface area contributed by atoms with E-state index >= 15 is 0 Å². The minimum Gasteiger partial charge on any atom is -0.352 e. The average molecular weight is 335 g/mol. The van der Waals surface area contributed by atoms with Gasteiger partial charge in [-0.05, 0) is 24.3 Å². The first-order valence-corrected chi connectivity index (χ1v) is 7.41. The van der Waals surface area contributed by atoms with Crippen LogP contribution in [0.4, 0.5) is 0 Å². The number of rotatable bonds is 4. The summed E-state index contributed by atoms with van der Waals surface area (Å²) in [6.45, 7) is 0.472. The number of fused-ring (bicyclic) bond motifs is 1. The molecule has 3 aromatic heterocycles. The topological polar surface area (TPSA) is 59.3 Å². The number of imidazole rings is 1. The third kappa shape index (κ3) is 3.37. The predicted molar refractivity (Wildman–Crippen MR) is 85.5 cm³/mol. The molecular weight excluding hydrogens is 323 g/mol. The second-order valence-corrected chi connectivity index (χ2v) is 5.48. The van der Waals surface area contributed by atoms with Crippen molar-refractivity contribution in [2.75, 3.05) is 6.54 Å². The minimum absolute atomic E-state index is 0.193. The number of nitrogens with zero attached hydrogens (tertiary/aromatic N) is 3. The summed E-state index contributed by atoms with van der Waals surface area (Å²) in [5.41, 5.74) is 2.19. The molecule has 1 N–H and O–H groups in total. The highest BCUT2D eigenvalue weighted by Crippen LogP contribution is 2.14. The van der Waals surface area contributed by atoms with E-state index in [9.17, 15) is 4.79 Å². The third-order valence-electron chi connectivity index (χ3n) is 3.11. The fourth-order valence-electron chi connectivity index (χ4n) is 2.11. The van der Waals surface area contributed by atoms with Gasteiger partial charge in [0.1, 0.15) is 16.0 Å². The number of amides is 1. The molecule has 0 aliphatic carbocycles. The van der Waals surface area contributed by atoms with E-state index in [1.807, 2.05) is 35.0 Å². The zero-order chi connectivity index (χ0) is 15.5. The number of nitrogens with one attached hydrogen (secondary N) is 1. The van der Waals surface area contributed by atoms with Gasteiger partial charge in [0.15, 0.2) is 0 Å².